The molecule has 90 valence electrons. The van der Waals surface area contributed by atoms with Crippen LogP contribution in [0.2, 0.25) is 0 Å². The highest BCUT2D eigenvalue weighted by Crippen LogP contribution is 2.42. The molecule has 6 heteroatoms. The SMILES string of the molecule is CN(CCC#N)C(=O)c1n[nH]c(C2CC2)c1N. The van der Waals surface area contributed by atoms with Gasteiger partial charge >= 0.3 is 0 Å². The summed E-state index contributed by atoms with van der Waals surface area (Å²) in [6.45, 7) is 0.389. The summed E-state index contributed by atoms with van der Waals surface area (Å²) in [4.78, 5) is 13.4. The average Bonchev–Trinajstić information content (AvgIpc) is 3.09. The highest BCUT2D eigenvalue weighted by molar-refractivity contribution is 5.97. The molecule has 1 fully saturated rings. The normalized spacial score (nSPS) is 14.4. The Bertz CT molecular complexity index is 469. The summed E-state index contributed by atoms with van der Waals surface area (Å²) in [5.41, 5.74) is 7.51. The number of rotatable bonds is 4. The molecule has 1 heterocycles. The number of nitrogens with one attached hydrogen (secondary N) is 1. The van der Waals surface area contributed by atoms with Gasteiger partial charge in [-0.3, -0.25) is 9.89 Å². The number of nitrogen functional groups attached to an aromatic ring is 1. The third-order valence-corrected chi connectivity index (χ3v) is 2.93. The lowest BCUT2D eigenvalue weighted by molar-refractivity contribution is 0.0793. The summed E-state index contributed by atoms with van der Waals surface area (Å²) in [6, 6.07) is 2.00. The van der Waals surface area contributed by atoms with Crippen LogP contribution in [-0.4, -0.2) is 34.6 Å². The van der Waals surface area contributed by atoms with Gasteiger partial charge in [0.25, 0.3) is 5.91 Å². The summed E-state index contributed by atoms with van der Waals surface area (Å²) < 4.78 is 0. The Morgan fingerprint density at radius 3 is 3.00 bits per heavy atom. The maximum Gasteiger partial charge on any atom is 0.276 e. The van der Waals surface area contributed by atoms with Crippen molar-refractivity contribution in [3.05, 3.63) is 11.4 Å². The van der Waals surface area contributed by atoms with Gasteiger partial charge in [0, 0.05) is 19.5 Å². The molecule has 1 aliphatic rings. The zero-order chi connectivity index (χ0) is 12.4. The van der Waals surface area contributed by atoms with E-state index in [4.69, 9.17) is 11.0 Å². The molecule has 0 radical (unpaired) electrons. The Labute approximate surface area is 99.4 Å². The highest BCUT2D eigenvalue weighted by Gasteiger charge is 2.30. The van der Waals surface area contributed by atoms with Gasteiger partial charge in [-0.2, -0.15) is 10.4 Å². The smallest absolute Gasteiger partial charge is 0.276 e. The summed E-state index contributed by atoms with van der Waals surface area (Å²) in [5.74, 6) is 0.203. The van der Waals surface area contributed by atoms with E-state index in [-0.39, 0.29) is 11.6 Å². The summed E-state index contributed by atoms with van der Waals surface area (Å²) in [7, 11) is 1.64. The Balaban J connectivity index is 2.11. The minimum atomic E-state index is -0.235. The van der Waals surface area contributed by atoms with Crippen molar-refractivity contribution in [2.45, 2.75) is 25.2 Å². The number of carbonyl (C=O) groups excluding carboxylic acids is 1. The van der Waals surface area contributed by atoms with Gasteiger partial charge in [-0.15, -0.1) is 0 Å². The number of aromatic nitrogens is 2. The molecule has 17 heavy (non-hydrogen) atoms. The molecule has 1 saturated carbocycles. The molecule has 1 aromatic rings. The Morgan fingerprint density at radius 2 is 2.41 bits per heavy atom. The van der Waals surface area contributed by atoms with E-state index in [2.05, 4.69) is 10.2 Å². The second-order valence-electron chi connectivity index (χ2n) is 4.31. The minimum absolute atomic E-state index is 0.235. The van der Waals surface area contributed by atoms with E-state index in [0.29, 0.717) is 24.6 Å². The average molecular weight is 233 g/mol. The maximum absolute atomic E-state index is 12.0. The first kappa shape index (κ1) is 11.5. The predicted molar refractivity (Wildman–Crippen MR) is 62.2 cm³/mol. The number of nitrogens with two attached hydrogens (primary N) is 1. The number of nitriles is 1. The van der Waals surface area contributed by atoms with Crippen LogP contribution in [0.1, 0.15) is 41.4 Å². The highest BCUT2D eigenvalue weighted by atomic mass is 16.2. The van der Waals surface area contributed by atoms with Gasteiger partial charge in [-0.25, -0.2) is 0 Å². The van der Waals surface area contributed by atoms with Crippen LogP contribution < -0.4 is 5.73 Å². The van der Waals surface area contributed by atoms with Crippen LogP contribution in [-0.2, 0) is 0 Å². The lowest BCUT2D eigenvalue weighted by Crippen LogP contribution is -2.28. The van der Waals surface area contributed by atoms with Crippen LogP contribution in [0.5, 0.6) is 0 Å². The first-order valence-corrected chi connectivity index (χ1v) is 5.61. The van der Waals surface area contributed by atoms with Gasteiger partial charge in [0.15, 0.2) is 5.69 Å². The Morgan fingerprint density at radius 1 is 1.71 bits per heavy atom. The van der Waals surface area contributed by atoms with E-state index >= 15 is 0 Å². The second-order valence-corrected chi connectivity index (χ2v) is 4.31. The van der Waals surface area contributed by atoms with Gasteiger partial charge in [-0.05, 0) is 12.8 Å². The molecular weight excluding hydrogens is 218 g/mol. The molecule has 0 spiro atoms. The first-order valence-electron chi connectivity index (χ1n) is 5.61. The molecule has 1 amide bonds. The molecule has 6 nitrogen and oxygen atoms in total. The van der Waals surface area contributed by atoms with Crippen molar-refractivity contribution < 1.29 is 4.79 Å². The van der Waals surface area contributed by atoms with E-state index in [1.54, 1.807) is 7.05 Å². The second kappa shape index (κ2) is 4.45. The molecule has 2 rings (SSSR count). The molecule has 0 aliphatic heterocycles. The van der Waals surface area contributed by atoms with Crippen molar-refractivity contribution in [2.75, 3.05) is 19.3 Å². The zero-order valence-corrected chi connectivity index (χ0v) is 9.73. The number of nitrogens with zero attached hydrogens (tertiary/aromatic N) is 3. The van der Waals surface area contributed by atoms with E-state index in [9.17, 15) is 4.79 Å². The van der Waals surface area contributed by atoms with E-state index in [1.165, 1.54) is 4.90 Å². The fraction of sp³-hybridized carbons (Fsp3) is 0.545. The quantitative estimate of drug-likeness (QED) is 0.805. The van der Waals surface area contributed by atoms with Crippen LogP contribution in [0, 0.1) is 11.3 Å². The summed E-state index contributed by atoms with van der Waals surface area (Å²) in [5, 5.41) is 15.3. The van der Waals surface area contributed by atoms with Crippen molar-refractivity contribution in [3.63, 3.8) is 0 Å². The van der Waals surface area contributed by atoms with Crippen molar-refractivity contribution in [2.24, 2.45) is 0 Å². The first-order chi connectivity index (χ1) is 8.15. The third-order valence-electron chi connectivity index (χ3n) is 2.93. The van der Waals surface area contributed by atoms with Gasteiger partial charge in [0.05, 0.1) is 23.9 Å². The molecular formula is C11H15N5O. The molecule has 0 bridgehead atoms. The predicted octanol–water partition coefficient (Wildman–Crippen LogP) is 0.855. The van der Waals surface area contributed by atoms with Crippen LogP contribution in [0.3, 0.4) is 0 Å². The van der Waals surface area contributed by atoms with E-state index in [0.717, 1.165) is 18.5 Å². The van der Waals surface area contributed by atoms with E-state index < -0.39 is 0 Å². The molecule has 0 unspecified atom stereocenters. The summed E-state index contributed by atoms with van der Waals surface area (Å²) >= 11 is 0. The standard InChI is InChI=1S/C11H15N5O/c1-16(6-2-5-12)11(17)10-8(13)9(14-15-10)7-3-4-7/h7H,2-4,6,13H2,1H3,(H,14,15). The van der Waals surface area contributed by atoms with Crippen LogP contribution >= 0.6 is 0 Å². The van der Waals surface area contributed by atoms with Crippen LogP contribution in [0.15, 0.2) is 0 Å². The fourth-order valence-corrected chi connectivity index (χ4v) is 1.71. The number of aromatic amines is 1. The van der Waals surface area contributed by atoms with E-state index in [1.807, 2.05) is 6.07 Å². The lowest BCUT2D eigenvalue weighted by Gasteiger charge is -2.13. The molecule has 0 saturated heterocycles. The van der Waals surface area contributed by atoms with Gasteiger partial charge < -0.3 is 10.6 Å². The fourth-order valence-electron chi connectivity index (χ4n) is 1.71. The monoisotopic (exact) mass is 233 g/mol. The number of anilines is 1. The van der Waals surface area contributed by atoms with Crippen molar-refractivity contribution in [3.8, 4) is 6.07 Å². The topological polar surface area (TPSA) is 98.8 Å². The van der Waals surface area contributed by atoms with Crippen molar-refractivity contribution >= 4 is 11.6 Å². The maximum atomic E-state index is 12.0. The van der Waals surface area contributed by atoms with Crippen molar-refractivity contribution in [1.29, 1.82) is 5.26 Å². The van der Waals surface area contributed by atoms with Gasteiger partial charge in [-0.1, -0.05) is 0 Å². The van der Waals surface area contributed by atoms with Gasteiger partial charge in [0.2, 0.25) is 0 Å². The van der Waals surface area contributed by atoms with Gasteiger partial charge in [0.1, 0.15) is 0 Å². The Hall–Kier alpha value is -2.03. The van der Waals surface area contributed by atoms with Crippen molar-refractivity contribution in [1.82, 2.24) is 15.1 Å². The number of hydrogen-bond acceptors (Lipinski definition) is 4. The minimum Gasteiger partial charge on any atom is -0.395 e. The molecule has 0 atom stereocenters. The van der Waals surface area contributed by atoms with Crippen LogP contribution in [0.4, 0.5) is 5.69 Å². The molecule has 3 N–H and O–H groups in total. The molecule has 0 aromatic carbocycles. The number of hydrogen-bond donors (Lipinski definition) is 2. The molecule has 1 aliphatic carbocycles. The number of H-pyrrole nitrogens is 1. The third kappa shape index (κ3) is 2.23. The van der Waals surface area contributed by atoms with Crippen LogP contribution in [0.25, 0.3) is 0 Å². The Kier molecular flexibility index (Phi) is 3.00. The molecule has 1 aromatic heterocycles. The lowest BCUT2D eigenvalue weighted by atomic mass is 10.2. The zero-order valence-electron chi connectivity index (χ0n) is 9.73. The number of amides is 1. The largest absolute Gasteiger partial charge is 0.395 e. The number of carbonyl (C=O) groups is 1. The summed E-state index contributed by atoms with van der Waals surface area (Å²) in [6.07, 6.45) is 2.51.